The molecule has 0 atom stereocenters. The van der Waals surface area contributed by atoms with E-state index in [-0.39, 0.29) is 6.61 Å². The van der Waals surface area contributed by atoms with Crippen molar-refractivity contribution in [1.29, 1.82) is 0 Å². The highest BCUT2D eigenvalue weighted by Crippen LogP contribution is 2.37. The average Bonchev–Trinajstić information content (AvgIpc) is 3.57. The summed E-state index contributed by atoms with van der Waals surface area (Å²) in [6.07, 6.45) is 1.75. The van der Waals surface area contributed by atoms with Gasteiger partial charge in [0.25, 0.3) is 0 Å². The number of ether oxygens (including phenoxy) is 3. The number of fused-ring (bicyclic) bond motifs is 1. The number of thioether (sulfide) groups is 2. The van der Waals surface area contributed by atoms with E-state index in [9.17, 15) is 5.11 Å². The molecule has 0 aliphatic carbocycles. The zero-order valence-electron chi connectivity index (χ0n) is 22.9. The van der Waals surface area contributed by atoms with Crippen LogP contribution in [-0.2, 0) is 16.1 Å². The van der Waals surface area contributed by atoms with Crippen LogP contribution in [0, 0.1) is 0 Å². The van der Waals surface area contributed by atoms with Crippen molar-refractivity contribution in [3.05, 3.63) is 70.9 Å². The predicted molar refractivity (Wildman–Crippen MR) is 163 cm³/mol. The van der Waals surface area contributed by atoms with E-state index in [1.807, 2.05) is 41.8 Å². The third-order valence-corrected chi connectivity index (χ3v) is 7.71. The molecule has 4 rings (SSSR count). The Morgan fingerprint density at radius 3 is 2.60 bits per heavy atom. The van der Waals surface area contributed by atoms with Crippen LogP contribution in [-0.4, -0.2) is 55.0 Å². The molecule has 40 heavy (non-hydrogen) atoms. The van der Waals surface area contributed by atoms with Gasteiger partial charge in [-0.15, -0.1) is 11.8 Å². The van der Waals surface area contributed by atoms with Crippen molar-refractivity contribution < 1.29 is 23.7 Å². The van der Waals surface area contributed by atoms with E-state index in [0.717, 1.165) is 22.3 Å². The number of nitrogens with zero attached hydrogens (tertiary/aromatic N) is 4. The molecule has 0 amide bonds. The number of aliphatic imine (C=N–C) groups is 1. The van der Waals surface area contributed by atoms with Crippen molar-refractivity contribution in [2.24, 2.45) is 10.1 Å². The number of hydrogen-bond donors (Lipinski definition) is 1. The number of imidazole rings is 1. The van der Waals surface area contributed by atoms with Gasteiger partial charge in [0, 0.05) is 31.7 Å². The summed E-state index contributed by atoms with van der Waals surface area (Å²) < 4.78 is 24.5. The van der Waals surface area contributed by atoms with Crippen molar-refractivity contribution in [2.45, 2.75) is 30.4 Å². The van der Waals surface area contributed by atoms with E-state index in [2.05, 4.69) is 28.5 Å². The molecule has 0 saturated carbocycles. The van der Waals surface area contributed by atoms with Gasteiger partial charge in [0.15, 0.2) is 10.9 Å². The van der Waals surface area contributed by atoms with Gasteiger partial charge in [0.1, 0.15) is 29.4 Å². The number of benzene rings is 2. The number of hydrogen-bond acceptors (Lipinski definition) is 10. The fraction of sp³-hybridized carbons (Fsp3) is 0.276. The molecular weight excluding hydrogens is 548 g/mol. The van der Waals surface area contributed by atoms with E-state index in [4.69, 9.17) is 18.6 Å². The maximum Gasteiger partial charge on any atom is 0.191 e. The monoisotopic (exact) mass is 580 g/mol. The summed E-state index contributed by atoms with van der Waals surface area (Å²) >= 11 is 2.99. The molecule has 0 aliphatic heterocycles. The minimum absolute atomic E-state index is 0.212. The highest BCUT2D eigenvalue weighted by Gasteiger charge is 2.18. The quantitative estimate of drug-likeness (QED) is 0.102. The Bertz CT molecular complexity index is 1500. The molecule has 0 fully saturated rings. The maximum atomic E-state index is 10.1. The molecule has 0 saturated heterocycles. The molecule has 0 aliphatic rings. The van der Waals surface area contributed by atoms with Gasteiger partial charge in [-0.3, -0.25) is 4.99 Å². The first kappa shape index (κ1) is 29.5. The SMILES string of the molecule is C=N/C(=C\SCc1ccc(C(C)(C)O)cc1)COc1cc(OC)cc2oc(-c3cn(N=C)c(SCOC)n3)cc12. The Balaban J connectivity index is 1.50. The summed E-state index contributed by atoms with van der Waals surface area (Å²) in [6, 6.07) is 13.4. The van der Waals surface area contributed by atoms with Crippen molar-refractivity contribution in [3.63, 3.8) is 0 Å². The van der Waals surface area contributed by atoms with Crippen molar-refractivity contribution in [2.75, 3.05) is 26.8 Å². The summed E-state index contributed by atoms with van der Waals surface area (Å²) in [6.45, 7) is 11.1. The molecule has 0 spiro atoms. The Kier molecular flexibility index (Phi) is 9.75. The first-order chi connectivity index (χ1) is 19.2. The third kappa shape index (κ3) is 7.16. The van der Waals surface area contributed by atoms with Crippen LogP contribution in [0.2, 0.25) is 0 Å². The number of methoxy groups -OCH3 is 2. The smallest absolute Gasteiger partial charge is 0.191 e. The molecule has 210 valence electrons. The Morgan fingerprint density at radius 1 is 1.18 bits per heavy atom. The topological polar surface area (TPSA) is 104 Å². The van der Waals surface area contributed by atoms with Gasteiger partial charge in [0.05, 0.1) is 35.9 Å². The van der Waals surface area contributed by atoms with E-state index in [0.29, 0.717) is 45.3 Å². The van der Waals surface area contributed by atoms with Crippen LogP contribution in [0.1, 0.15) is 25.0 Å². The number of furan rings is 1. The highest BCUT2D eigenvalue weighted by atomic mass is 32.2. The van der Waals surface area contributed by atoms with Gasteiger partial charge in [0.2, 0.25) is 0 Å². The fourth-order valence-electron chi connectivity index (χ4n) is 3.74. The Labute approximate surface area is 241 Å². The molecule has 2 aromatic carbocycles. The predicted octanol–water partition coefficient (Wildman–Crippen LogP) is 6.55. The summed E-state index contributed by atoms with van der Waals surface area (Å²) in [5.74, 6) is 2.91. The first-order valence-electron chi connectivity index (χ1n) is 12.3. The lowest BCUT2D eigenvalue weighted by atomic mass is 9.98. The fourth-order valence-corrected chi connectivity index (χ4v) is 5.17. The summed E-state index contributed by atoms with van der Waals surface area (Å²) in [4.78, 5) is 8.76. The van der Waals surface area contributed by atoms with E-state index >= 15 is 0 Å². The van der Waals surface area contributed by atoms with Crippen molar-refractivity contribution >= 4 is 47.9 Å². The van der Waals surface area contributed by atoms with Gasteiger partial charge >= 0.3 is 0 Å². The van der Waals surface area contributed by atoms with Gasteiger partial charge in [-0.05, 0) is 43.2 Å². The van der Waals surface area contributed by atoms with E-state index in [1.54, 1.807) is 56.8 Å². The lowest BCUT2D eigenvalue weighted by Gasteiger charge is -2.17. The van der Waals surface area contributed by atoms with E-state index < -0.39 is 5.60 Å². The van der Waals surface area contributed by atoms with Crippen LogP contribution >= 0.6 is 23.5 Å². The molecular formula is C29H32N4O5S2. The summed E-state index contributed by atoms with van der Waals surface area (Å²) in [7, 11) is 3.21. The van der Waals surface area contributed by atoms with Crippen LogP contribution in [0.4, 0.5) is 0 Å². The second-order valence-corrected chi connectivity index (χ2v) is 11.0. The van der Waals surface area contributed by atoms with E-state index in [1.165, 1.54) is 11.8 Å². The van der Waals surface area contributed by atoms with Crippen molar-refractivity contribution in [3.8, 4) is 23.0 Å². The number of aliphatic hydroxyl groups is 1. The Morgan fingerprint density at radius 2 is 1.95 bits per heavy atom. The molecule has 0 unspecified atom stereocenters. The minimum Gasteiger partial charge on any atom is -0.496 e. The maximum absolute atomic E-state index is 10.1. The van der Waals surface area contributed by atoms with Gasteiger partial charge in [-0.2, -0.15) is 5.10 Å². The molecule has 0 radical (unpaired) electrons. The molecule has 4 aromatic rings. The zero-order chi connectivity index (χ0) is 28.7. The molecule has 11 heteroatoms. The van der Waals surface area contributed by atoms with Crippen molar-refractivity contribution in [1.82, 2.24) is 9.66 Å². The molecule has 1 N–H and O–H groups in total. The number of rotatable bonds is 14. The summed E-state index contributed by atoms with van der Waals surface area (Å²) in [5, 5.41) is 17.5. The highest BCUT2D eigenvalue weighted by molar-refractivity contribution is 8.01. The average molecular weight is 581 g/mol. The largest absolute Gasteiger partial charge is 0.496 e. The normalized spacial score (nSPS) is 12.1. The zero-order valence-corrected chi connectivity index (χ0v) is 24.6. The van der Waals surface area contributed by atoms with Gasteiger partial charge < -0.3 is 23.7 Å². The minimum atomic E-state index is -0.861. The number of aromatic nitrogens is 2. The van der Waals surface area contributed by atoms with Crippen LogP contribution < -0.4 is 9.47 Å². The second-order valence-electron chi connectivity index (χ2n) is 9.22. The lowest BCUT2D eigenvalue weighted by molar-refractivity contribution is 0.0786. The third-order valence-electron chi connectivity index (χ3n) is 5.88. The second kappa shape index (κ2) is 13.2. The van der Waals surface area contributed by atoms with Gasteiger partial charge in [-0.1, -0.05) is 36.0 Å². The molecule has 9 nitrogen and oxygen atoms in total. The lowest BCUT2D eigenvalue weighted by Crippen LogP contribution is -2.15. The molecule has 2 heterocycles. The van der Waals surface area contributed by atoms with Crippen LogP contribution in [0.15, 0.2) is 79.4 Å². The van der Waals surface area contributed by atoms with Crippen LogP contribution in [0.5, 0.6) is 11.5 Å². The molecule has 2 aromatic heterocycles. The van der Waals surface area contributed by atoms with Gasteiger partial charge in [-0.25, -0.2) is 9.66 Å². The standard InChI is InChI=1S/C29H32N4O5S2/c1-29(2,34)20-9-7-19(8-10-20)16-39-17-21(30-3)15-37-25-11-22(36-6)12-26-23(25)13-27(38-26)24-14-33(31-4)28(32-24)40-18-35-5/h7-14,17,34H,3-4,15-16,18H2,1-2,5-6H3/b21-17-. The molecule has 0 bridgehead atoms. The van der Waals surface area contributed by atoms with Crippen LogP contribution in [0.25, 0.3) is 22.4 Å². The van der Waals surface area contributed by atoms with Crippen LogP contribution in [0.3, 0.4) is 0 Å². The first-order valence-corrected chi connectivity index (χ1v) is 14.3. The Hall–Kier alpha value is -3.51. The summed E-state index contributed by atoms with van der Waals surface area (Å²) in [5.41, 5.74) is 3.04.